The maximum atomic E-state index is 11.5. The van der Waals surface area contributed by atoms with Gasteiger partial charge in [-0.3, -0.25) is 0 Å². The van der Waals surface area contributed by atoms with E-state index >= 15 is 0 Å². The largest absolute Gasteiger partial charge is 0.492 e. The molecule has 1 aromatic heterocycles. The van der Waals surface area contributed by atoms with E-state index in [1.54, 1.807) is 24.5 Å². The van der Waals surface area contributed by atoms with Gasteiger partial charge in [-0.25, -0.2) is 14.8 Å². The fourth-order valence-electron chi connectivity index (χ4n) is 2.70. The van der Waals surface area contributed by atoms with E-state index in [0.717, 1.165) is 35.7 Å². The molecule has 156 valence electrons. The molecule has 7 heteroatoms. The van der Waals surface area contributed by atoms with Crippen molar-refractivity contribution in [3.63, 3.8) is 0 Å². The van der Waals surface area contributed by atoms with Crippen LogP contribution in [0.5, 0.6) is 5.75 Å². The molecule has 0 aliphatic rings. The molecule has 1 heterocycles. The number of carbonyl (C=O) groups excluding carboxylic acids is 1. The molecular formula is C23H26N4O3. The highest BCUT2D eigenvalue weighted by molar-refractivity contribution is 5.89. The average molecular weight is 406 g/mol. The van der Waals surface area contributed by atoms with Gasteiger partial charge < -0.3 is 19.7 Å². The molecule has 0 unspecified atom stereocenters. The van der Waals surface area contributed by atoms with Crippen molar-refractivity contribution < 1.29 is 14.3 Å². The lowest BCUT2D eigenvalue weighted by molar-refractivity contribution is 0.0601. The monoisotopic (exact) mass is 406 g/mol. The van der Waals surface area contributed by atoms with E-state index in [9.17, 15) is 4.79 Å². The standard InChI is InChI=1S/C23H26N4O3/c1-4-27(2)13-14-30-21-11-9-20(10-12-21)26-23-24-15-19(16-25-23)17-5-7-18(8-6-17)22(28)29-3/h5-12,15-16H,4,13-14H2,1-3H3,(H,24,25,26). The summed E-state index contributed by atoms with van der Waals surface area (Å²) in [4.78, 5) is 22.5. The lowest BCUT2D eigenvalue weighted by atomic mass is 10.1. The number of rotatable bonds is 9. The van der Waals surface area contributed by atoms with Crippen LogP contribution in [0.25, 0.3) is 11.1 Å². The molecule has 0 fully saturated rings. The first kappa shape index (κ1) is 21.3. The second-order valence-corrected chi connectivity index (χ2v) is 6.76. The Morgan fingerprint density at radius 2 is 1.67 bits per heavy atom. The molecule has 2 aromatic carbocycles. The highest BCUT2D eigenvalue weighted by atomic mass is 16.5. The van der Waals surface area contributed by atoms with Gasteiger partial charge in [0.2, 0.25) is 5.95 Å². The predicted molar refractivity (Wildman–Crippen MR) is 117 cm³/mol. The number of likely N-dealkylation sites (N-methyl/N-ethyl adjacent to an activating group) is 1. The Morgan fingerprint density at radius 1 is 1.00 bits per heavy atom. The van der Waals surface area contributed by atoms with Crippen LogP contribution in [0.4, 0.5) is 11.6 Å². The first-order chi connectivity index (χ1) is 14.6. The first-order valence-electron chi connectivity index (χ1n) is 9.78. The molecule has 0 amide bonds. The first-order valence-corrected chi connectivity index (χ1v) is 9.78. The second kappa shape index (κ2) is 10.4. The molecule has 0 saturated heterocycles. The summed E-state index contributed by atoms with van der Waals surface area (Å²) in [5, 5.41) is 3.18. The maximum absolute atomic E-state index is 11.5. The molecule has 0 aliphatic carbocycles. The lowest BCUT2D eigenvalue weighted by Crippen LogP contribution is -2.23. The van der Waals surface area contributed by atoms with E-state index in [4.69, 9.17) is 9.47 Å². The molecule has 0 spiro atoms. The molecule has 0 bridgehead atoms. The Kier molecular flexibility index (Phi) is 7.34. The summed E-state index contributed by atoms with van der Waals surface area (Å²) in [5.41, 5.74) is 3.16. The van der Waals surface area contributed by atoms with E-state index in [0.29, 0.717) is 18.1 Å². The fourth-order valence-corrected chi connectivity index (χ4v) is 2.70. The van der Waals surface area contributed by atoms with Crippen LogP contribution in [0, 0.1) is 0 Å². The van der Waals surface area contributed by atoms with Crippen molar-refractivity contribution in [3.05, 3.63) is 66.5 Å². The Labute approximate surface area is 176 Å². The topological polar surface area (TPSA) is 76.6 Å². The number of hydrogen-bond acceptors (Lipinski definition) is 7. The number of esters is 1. The summed E-state index contributed by atoms with van der Waals surface area (Å²) < 4.78 is 10.5. The van der Waals surface area contributed by atoms with E-state index in [2.05, 4.69) is 34.2 Å². The Balaban J connectivity index is 1.57. The van der Waals surface area contributed by atoms with Gasteiger partial charge in [-0.2, -0.15) is 0 Å². The van der Waals surface area contributed by atoms with Gasteiger partial charge in [0.15, 0.2) is 0 Å². The minimum Gasteiger partial charge on any atom is -0.492 e. The molecule has 3 rings (SSSR count). The number of aromatic nitrogens is 2. The Bertz CT molecular complexity index is 942. The van der Waals surface area contributed by atoms with Crippen molar-refractivity contribution in [2.24, 2.45) is 0 Å². The van der Waals surface area contributed by atoms with Crippen LogP contribution < -0.4 is 10.1 Å². The van der Waals surface area contributed by atoms with Crippen molar-refractivity contribution in [1.29, 1.82) is 0 Å². The third-order valence-electron chi connectivity index (χ3n) is 4.68. The number of carbonyl (C=O) groups is 1. The third-order valence-corrected chi connectivity index (χ3v) is 4.68. The summed E-state index contributed by atoms with van der Waals surface area (Å²) in [5.74, 6) is 0.974. The summed E-state index contributed by atoms with van der Waals surface area (Å²) in [6, 6.07) is 14.8. The number of hydrogen-bond donors (Lipinski definition) is 1. The third kappa shape index (κ3) is 5.78. The lowest BCUT2D eigenvalue weighted by Gasteiger charge is -2.14. The normalized spacial score (nSPS) is 10.7. The van der Waals surface area contributed by atoms with Gasteiger partial charge in [0.05, 0.1) is 12.7 Å². The number of nitrogens with one attached hydrogen (secondary N) is 1. The van der Waals surface area contributed by atoms with Crippen molar-refractivity contribution in [2.45, 2.75) is 6.92 Å². The van der Waals surface area contributed by atoms with Crippen LogP contribution in [0.2, 0.25) is 0 Å². The van der Waals surface area contributed by atoms with Crippen LogP contribution in [-0.4, -0.2) is 54.7 Å². The minimum atomic E-state index is -0.359. The van der Waals surface area contributed by atoms with Crippen LogP contribution in [-0.2, 0) is 4.74 Å². The molecule has 30 heavy (non-hydrogen) atoms. The van der Waals surface area contributed by atoms with Gasteiger partial charge in [-0.1, -0.05) is 19.1 Å². The summed E-state index contributed by atoms with van der Waals surface area (Å²) in [6.45, 7) is 4.67. The van der Waals surface area contributed by atoms with Crippen molar-refractivity contribution >= 4 is 17.6 Å². The molecule has 7 nitrogen and oxygen atoms in total. The van der Waals surface area contributed by atoms with Gasteiger partial charge in [-0.05, 0) is 55.6 Å². The molecule has 0 aliphatic heterocycles. The van der Waals surface area contributed by atoms with Gasteiger partial charge in [0.1, 0.15) is 12.4 Å². The Morgan fingerprint density at radius 3 is 2.27 bits per heavy atom. The second-order valence-electron chi connectivity index (χ2n) is 6.76. The van der Waals surface area contributed by atoms with Gasteiger partial charge in [-0.15, -0.1) is 0 Å². The van der Waals surface area contributed by atoms with Crippen LogP contribution >= 0.6 is 0 Å². The Hall–Kier alpha value is -3.45. The number of ether oxygens (including phenoxy) is 2. The number of nitrogens with zero attached hydrogens (tertiary/aromatic N) is 3. The zero-order valence-corrected chi connectivity index (χ0v) is 17.5. The maximum Gasteiger partial charge on any atom is 0.337 e. The summed E-state index contributed by atoms with van der Waals surface area (Å²) in [6.07, 6.45) is 3.48. The highest BCUT2D eigenvalue weighted by Gasteiger charge is 2.06. The molecule has 0 atom stereocenters. The van der Waals surface area contributed by atoms with Gasteiger partial charge in [0.25, 0.3) is 0 Å². The molecular weight excluding hydrogens is 380 g/mol. The molecule has 0 radical (unpaired) electrons. The highest BCUT2D eigenvalue weighted by Crippen LogP contribution is 2.21. The minimum absolute atomic E-state index is 0.359. The molecule has 3 aromatic rings. The zero-order valence-electron chi connectivity index (χ0n) is 17.5. The van der Waals surface area contributed by atoms with Gasteiger partial charge in [0, 0.05) is 30.2 Å². The predicted octanol–water partition coefficient (Wildman–Crippen LogP) is 4.00. The zero-order chi connectivity index (χ0) is 21.3. The molecule has 1 N–H and O–H groups in total. The smallest absolute Gasteiger partial charge is 0.337 e. The van der Waals surface area contributed by atoms with E-state index in [1.807, 2.05) is 36.4 Å². The van der Waals surface area contributed by atoms with E-state index < -0.39 is 0 Å². The van der Waals surface area contributed by atoms with Crippen LogP contribution in [0.3, 0.4) is 0 Å². The number of benzene rings is 2. The van der Waals surface area contributed by atoms with Gasteiger partial charge >= 0.3 is 5.97 Å². The number of methoxy groups -OCH3 is 1. The fraction of sp³-hybridized carbons (Fsp3) is 0.261. The van der Waals surface area contributed by atoms with Crippen molar-refractivity contribution in [3.8, 4) is 16.9 Å². The van der Waals surface area contributed by atoms with E-state index in [1.165, 1.54) is 7.11 Å². The average Bonchev–Trinajstić information content (AvgIpc) is 2.80. The van der Waals surface area contributed by atoms with Crippen molar-refractivity contribution in [1.82, 2.24) is 14.9 Å². The van der Waals surface area contributed by atoms with Crippen LogP contribution in [0.1, 0.15) is 17.3 Å². The van der Waals surface area contributed by atoms with Crippen molar-refractivity contribution in [2.75, 3.05) is 39.2 Å². The number of anilines is 2. The van der Waals surface area contributed by atoms with E-state index in [-0.39, 0.29) is 5.97 Å². The SMILES string of the molecule is CCN(C)CCOc1ccc(Nc2ncc(-c3ccc(C(=O)OC)cc3)cn2)cc1. The summed E-state index contributed by atoms with van der Waals surface area (Å²) in [7, 11) is 3.43. The summed E-state index contributed by atoms with van der Waals surface area (Å²) >= 11 is 0. The molecule has 0 saturated carbocycles. The quantitative estimate of drug-likeness (QED) is 0.538. The van der Waals surface area contributed by atoms with Crippen LogP contribution in [0.15, 0.2) is 60.9 Å².